The highest BCUT2D eigenvalue weighted by Gasteiger charge is 2.19. The second kappa shape index (κ2) is 11.4. The van der Waals surface area contributed by atoms with E-state index in [4.69, 9.17) is 0 Å². The summed E-state index contributed by atoms with van der Waals surface area (Å²) >= 11 is 0. The molecule has 0 spiro atoms. The Morgan fingerprint density at radius 3 is 2.71 bits per heavy atom. The number of carbonyl (C=O) groups excluding carboxylic acids is 1. The lowest BCUT2D eigenvalue weighted by atomic mass is 10.1. The normalized spacial score (nSPS) is 14.7. The van der Waals surface area contributed by atoms with Gasteiger partial charge in [-0.2, -0.15) is 5.26 Å². The van der Waals surface area contributed by atoms with Crippen molar-refractivity contribution in [3.63, 3.8) is 0 Å². The maximum absolute atomic E-state index is 12.9. The number of aliphatic imine (C=N–C) groups is 1. The minimum atomic E-state index is -3.84. The van der Waals surface area contributed by atoms with Crippen LogP contribution in [0.2, 0.25) is 0 Å². The molecule has 0 radical (unpaired) electrons. The van der Waals surface area contributed by atoms with Crippen molar-refractivity contribution >= 4 is 33.5 Å². The van der Waals surface area contributed by atoms with E-state index < -0.39 is 15.9 Å². The Hall–Kier alpha value is -3.38. The Morgan fingerprint density at radius 2 is 2.00 bits per heavy atom. The number of carbonyl (C=O) groups is 1. The van der Waals surface area contributed by atoms with E-state index in [0.717, 1.165) is 42.8 Å². The van der Waals surface area contributed by atoms with Gasteiger partial charge in [0.15, 0.2) is 0 Å². The molecule has 2 heterocycles. The Kier molecular flexibility index (Phi) is 8.52. The highest BCUT2D eigenvalue weighted by Crippen LogP contribution is 2.21. The average Bonchev–Trinajstić information content (AvgIpc) is 2.97. The van der Waals surface area contributed by atoms with E-state index in [9.17, 15) is 18.5 Å². The van der Waals surface area contributed by atoms with Gasteiger partial charge in [-0.15, -0.1) is 0 Å². The first-order valence-corrected chi connectivity index (χ1v) is 13.3. The van der Waals surface area contributed by atoms with Crippen LogP contribution in [0.15, 0.2) is 45.8 Å². The Labute approximate surface area is 207 Å². The summed E-state index contributed by atoms with van der Waals surface area (Å²) in [6.07, 6.45) is 5.01. The molecule has 0 saturated heterocycles. The van der Waals surface area contributed by atoms with Crippen molar-refractivity contribution < 1.29 is 13.2 Å². The van der Waals surface area contributed by atoms with E-state index in [1.807, 2.05) is 26.0 Å². The van der Waals surface area contributed by atoms with Gasteiger partial charge in [-0.05, 0) is 68.5 Å². The minimum Gasteiger partial charge on any atom is -0.348 e. The van der Waals surface area contributed by atoms with Gasteiger partial charge in [-0.1, -0.05) is 26.3 Å². The van der Waals surface area contributed by atoms with Crippen molar-refractivity contribution in [1.82, 2.24) is 9.29 Å². The van der Waals surface area contributed by atoms with Crippen LogP contribution in [0.4, 0.5) is 5.69 Å². The molecule has 9 heteroatoms. The third-order valence-electron chi connectivity index (χ3n) is 5.85. The molecule has 35 heavy (non-hydrogen) atoms. The Bertz CT molecular complexity index is 1300. The van der Waals surface area contributed by atoms with Crippen LogP contribution < -0.4 is 10.0 Å². The van der Waals surface area contributed by atoms with E-state index in [2.05, 4.69) is 33.4 Å². The van der Waals surface area contributed by atoms with Gasteiger partial charge in [-0.3, -0.25) is 14.5 Å². The summed E-state index contributed by atoms with van der Waals surface area (Å²) in [6.45, 7) is 9.69. The molecule has 0 saturated carbocycles. The lowest BCUT2D eigenvalue weighted by molar-refractivity contribution is -0.112. The van der Waals surface area contributed by atoms with Crippen LogP contribution in [0.3, 0.4) is 0 Å². The molecule has 0 bridgehead atoms. The number of nitriles is 1. The number of rotatable bonds is 7. The van der Waals surface area contributed by atoms with Crippen molar-refractivity contribution in [2.75, 3.05) is 11.9 Å². The fourth-order valence-corrected chi connectivity index (χ4v) is 5.17. The van der Waals surface area contributed by atoms with Crippen molar-refractivity contribution in [2.45, 2.75) is 64.8 Å². The second-order valence-corrected chi connectivity index (χ2v) is 10.9. The van der Waals surface area contributed by atoms with Crippen LogP contribution in [-0.4, -0.2) is 31.3 Å². The standard InChI is InChI=1S/C26H33N5O3S/c1-18(2)17-31-19(3)13-21(20(31)4)14-22(16-27)26(32)29-23-9-8-10-24(15-23)35(33,34)30-25-11-6-5-7-12-28-25/h8-10,13-15,18H,5-7,11-12,17H2,1-4H3,(H,28,30)(H,29,32)/b22-14-. The molecule has 1 aliphatic heterocycles. The first-order chi connectivity index (χ1) is 16.6. The summed E-state index contributed by atoms with van der Waals surface area (Å²) in [5.41, 5.74) is 3.07. The van der Waals surface area contributed by atoms with Gasteiger partial charge in [-0.25, -0.2) is 8.42 Å². The zero-order chi connectivity index (χ0) is 25.6. The summed E-state index contributed by atoms with van der Waals surface area (Å²) in [5.74, 6) is 0.321. The summed E-state index contributed by atoms with van der Waals surface area (Å²) in [5, 5.41) is 12.3. The number of aryl methyl sites for hydroxylation is 1. The maximum Gasteiger partial charge on any atom is 0.266 e. The van der Waals surface area contributed by atoms with E-state index >= 15 is 0 Å². The molecule has 1 aromatic heterocycles. The summed E-state index contributed by atoms with van der Waals surface area (Å²) in [6, 6.07) is 9.89. The molecule has 8 nitrogen and oxygen atoms in total. The molecule has 3 rings (SSSR count). The number of aromatic nitrogens is 1. The van der Waals surface area contributed by atoms with Gasteiger partial charge >= 0.3 is 0 Å². The molecule has 186 valence electrons. The molecule has 2 aromatic rings. The van der Waals surface area contributed by atoms with Crippen LogP contribution in [0.1, 0.15) is 56.5 Å². The monoisotopic (exact) mass is 495 g/mol. The van der Waals surface area contributed by atoms with Crippen molar-refractivity contribution in [3.8, 4) is 6.07 Å². The highest BCUT2D eigenvalue weighted by molar-refractivity contribution is 7.90. The zero-order valence-corrected chi connectivity index (χ0v) is 21.6. The van der Waals surface area contributed by atoms with E-state index in [0.29, 0.717) is 24.7 Å². The summed E-state index contributed by atoms with van der Waals surface area (Å²) < 4.78 is 30.5. The van der Waals surface area contributed by atoms with Crippen LogP contribution in [0, 0.1) is 31.1 Å². The lowest BCUT2D eigenvalue weighted by Gasteiger charge is -2.12. The van der Waals surface area contributed by atoms with Gasteiger partial charge in [0.2, 0.25) is 0 Å². The molecule has 1 aliphatic rings. The van der Waals surface area contributed by atoms with Crippen molar-refractivity contribution in [1.29, 1.82) is 5.26 Å². The van der Waals surface area contributed by atoms with Gasteiger partial charge < -0.3 is 9.88 Å². The number of benzene rings is 1. The number of sulfonamides is 1. The Balaban J connectivity index is 1.79. The molecule has 1 amide bonds. The maximum atomic E-state index is 12.9. The third kappa shape index (κ3) is 6.83. The largest absolute Gasteiger partial charge is 0.348 e. The van der Waals surface area contributed by atoms with Crippen molar-refractivity contribution in [3.05, 3.63) is 52.9 Å². The fourth-order valence-electron chi connectivity index (χ4n) is 4.03. The third-order valence-corrected chi connectivity index (χ3v) is 7.23. The minimum absolute atomic E-state index is 0.0157. The first kappa shape index (κ1) is 26.2. The number of amidine groups is 1. The topological polar surface area (TPSA) is 116 Å². The number of hydrogen-bond acceptors (Lipinski definition) is 5. The number of nitrogens with zero attached hydrogens (tertiary/aromatic N) is 3. The zero-order valence-electron chi connectivity index (χ0n) is 20.8. The number of anilines is 1. The van der Waals surface area contributed by atoms with Crippen molar-refractivity contribution in [2.24, 2.45) is 10.9 Å². The van der Waals surface area contributed by atoms with Gasteiger partial charge in [0, 0.05) is 36.6 Å². The molecule has 0 fully saturated rings. The Morgan fingerprint density at radius 1 is 1.23 bits per heavy atom. The summed E-state index contributed by atoms with van der Waals surface area (Å²) in [4.78, 5) is 17.2. The molecule has 0 aliphatic carbocycles. The lowest BCUT2D eigenvalue weighted by Crippen LogP contribution is -2.30. The van der Waals surface area contributed by atoms with Gasteiger partial charge in [0.1, 0.15) is 17.5 Å². The van der Waals surface area contributed by atoms with Crippen LogP contribution in [0.5, 0.6) is 0 Å². The molecular weight excluding hydrogens is 462 g/mol. The molecule has 0 atom stereocenters. The van der Waals surface area contributed by atoms with Gasteiger partial charge in [0.05, 0.1) is 4.90 Å². The van der Waals surface area contributed by atoms with E-state index in [1.54, 1.807) is 18.2 Å². The SMILES string of the molecule is Cc1cc(/C=C(/C#N)C(=O)Nc2cccc(S(=O)(=O)NC3=NCCCCC3)c2)c(C)n1CC(C)C. The average molecular weight is 496 g/mol. The van der Waals surface area contributed by atoms with Crippen LogP contribution in [0.25, 0.3) is 6.08 Å². The predicted octanol–water partition coefficient (Wildman–Crippen LogP) is 4.56. The number of amides is 1. The fraction of sp³-hybridized carbons (Fsp3) is 0.423. The highest BCUT2D eigenvalue weighted by atomic mass is 32.2. The quantitative estimate of drug-likeness (QED) is 0.433. The molecule has 0 unspecified atom stereocenters. The second-order valence-electron chi connectivity index (χ2n) is 9.23. The first-order valence-electron chi connectivity index (χ1n) is 11.9. The molecule has 2 N–H and O–H groups in total. The molecular formula is C26H33N5O3S. The van der Waals surface area contributed by atoms with Crippen LogP contribution in [-0.2, 0) is 21.4 Å². The van der Waals surface area contributed by atoms with Crippen LogP contribution >= 0.6 is 0 Å². The molecule has 1 aromatic carbocycles. The number of hydrogen-bond donors (Lipinski definition) is 2. The predicted molar refractivity (Wildman–Crippen MR) is 138 cm³/mol. The smallest absolute Gasteiger partial charge is 0.266 e. The summed E-state index contributed by atoms with van der Waals surface area (Å²) in [7, 11) is -3.84. The number of nitrogens with one attached hydrogen (secondary N) is 2. The van der Waals surface area contributed by atoms with E-state index in [-0.39, 0.29) is 16.2 Å². The van der Waals surface area contributed by atoms with Gasteiger partial charge in [0.25, 0.3) is 15.9 Å². The van der Waals surface area contributed by atoms with E-state index in [1.165, 1.54) is 12.1 Å².